The van der Waals surface area contributed by atoms with Gasteiger partial charge in [0.1, 0.15) is 17.2 Å². The molecule has 2 aromatic carbocycles. The predicted molar refractivity (Wildman–Crippen MR) is 127 cm³/mol. The van der Waals surface area contributed by atoms with Crippen molar-refractivity contribution < 1.29 is 23.9 Å². The molecule has 0 unspecified atom stereocenters. The van der Waals surface area contributed by atoms with Crippen molar-refractivity contribution in [2.75, 3.05) is 0 Å². The van der Waals surface area contributed by atoms with Gasteiger partial charge in [-0.25, -0.2) is 4.79 Å². The van der Waals surface area contributed by atoms with E-state index in [-0.39, 0.29) is 5.92 Å². The third-order valence-electron chi connectivity index (χ3n) is 6.65. The van der Waals surface area contributed by atoms with Gasteiger partial charge in [-0.2, -0.15) is 5.10 Å². The normalized spacial score (nSPS) is 18.0. The van der Waals surface area contributed by atoms with E-state index in [2.05, 4.69) is 20.8 Å². The van der Waals surface area contributed by atoms with Gasteiger partial charge in [-0.3, -0.25) is 25.3 Å². The van der Waals surface area contributed by atoms with Crippen LogP contribution in [0.5, 0.6) is 17.2 Å². The number of ether oxygens (including phenoxy) is 2. The molecule has 1 aliphatic heterocycles. The lowest BCUT2D eigenvalue weighted by Crippen LogP contribution is -2.72. The summed E-state index contributed by atoms with van der Waals surface area (Å²) in [4.78, 5) is 37.6. The van der Waals surface area contributed by atoms with Crippen molar-refractivity contribution in [2.45, 2.75) is 44.6 Å². The topological polar surface area (TPSA) is 122 Å². The van der Waals surface area contributed by atoms with Crippen LogP contribution in [0.2, 0.25) is 0 Å². The van der Waals surface area contributed by atoms with Gasteiger partial charge in [-0.15, -0.1) is 0 Å². The molecule has 2 aliphatic rings. The minimum absolute atomic E-state index is 0.322. The summed E-state index contributed by atoms with van der Waals surface area (Å²) >= 11 is 0. The number of nitrogens with one attached hydrogen (secondary N) is 3. The lowest BCUT2D eigenvalue weighted by Gasteiger charge is -2.41. The van der Waals surface area contributed by atoms with Crippen LogP contribution in [0.25, 0.3) is 11.1 Å². The van der Waals surface area contributed by atoms with E-state index >= 15 is 0 Å². The fraction of sp³-hybridized carbons (Fsp3) is 0.308. The first-order chi connectivity index (χ1) is 17.0. The van der Waals surface area contributed by atoms with E-state index in [4.69, 9.17) is 9.47 Å². The van der Waals surface area contributed by atoms with Gasteiger partial charge in [-0.1, -0.05) is 25.3 Å². The van der Waals surface area contributed by atoms with Gasteiger partial charge >= 0.3 is 6.03 Å². The summed E-state index contributed by atoms with van der Waals surface area (Å²) in [5.74, 6) is -0.164. The minimum atomic E-state index is -1.78. The Morgan fingerprint density at radius 1 is 0.886 bits per heavy atom. The Morgan fingerprint density at radius 2 is 1.54 bits per heavy atom. The number of H-pyrrole nitrogens is 1. The van der Waals surface area contributed by atoms with E-state index in [0.29, 0.717) is 30.1 Å². The number of carbonyl (C=O) groups is 3. The van der Waals surface area contributed by atoms with E-state index in [1.54, 1.807) is 30.5 Å². The summed E-state index contributed by atoms with van der Waals surface area (Å²) in [6.45, 7) is 2.00. The molecular weight excluding hydrogens is 448 g/mol. The molecule has 1 saturated carbocycles. The largest absolute Gasteiger partial charge is 0.467 e. The Bertz CT molecular complexity index is 1230. The monoisotopic (exact) mass is 474 g/mol. The zero-order valence-electron chi connectivity index (χ0n) is 19.3. The molecule has 180 valence electrons. The number of imide groups is 2. The highest BCUT2D eigenvalue weighted by Gasteiger charge is 2.58. The van der Waals surface area contributed by atoms with Gasteiger partial charge in [0.15, 0.2) is 0 Å². The van der Waals surface area contributed by atoms with Crippen LogP contribution >= 0.6 is 0 Å². The van der Waals surface area contributed by atoms with E-state index in [0.717, 1.165) is 36.0 Å². The number of barbiturate groups is 1. The van der Waals surface area contributed by atoms with Gasteiger partial charge < -0.3 is 9.47 Å². The molecule has 0 radical (unpaired) electrons. The summed E-state index contributed by atoms with van der Waals surface area (Å²) in [6, 6.07) is 11.7. The number of nitrogens with zero attached hydrogens (tertiary/aromatic N) is 1. The molecule has 4 amide bonds. The molecule has 0 atom stereocenters. The highest BCUT2D eigenvalue weighted by Crippen LogP contribution is 2.38. The summed E-state index contributed by atoms with van der Waals surface area (Å²) in [5.41, 5.74) is 1.32. The van der Waals surface area contributed by atoms with E-state index in [1.807, 2.05) is 31.3 Å². The second-order valence-electron chi connectivity index (χ2n) is 8.95. The van der Waals surface area contributed by atoms with Gasteiger partial charge in [0.05, 0.1) is 6.20 Å². The number of aryl methyl sites for hydroxylation is 1. The predicted octanol–water partition coefficient (Wildman–Crippen LogP) is 4.24. The number of rotatable bonds is 6. The van der Waals surface area contributed by atoms with Crippen LogP contribution in [0.4, 0.5) is 4.79 Å². The zero-order chi connectivity index (χ0) is 24.4. The molecular formula is C26H26N4O5. The fourth-order valence-electron chi connectivity index (χ4n) is 4.90. The van der Waals surface area contributed by atoms with Crippen molar-refractivity contribution in [3.05, 3.63) is 60.4 Å². The summed E-state index contributed by atoms with van der Waals surface area (Å²) in [6.07, 6.45) is 7.79. The molecule has 1 aliphatic carbocycles. The number of aromatic nitrogens is 2. The molecule has 3 N–H and O–H groups in total. The first-order valence-corrected chi connectivity index (χ1v) is 11.7. The molecule has 2 heterocycles. The number of amides is 4. The lowest BCUT2D eigenvalue weighted by atomic mass is 9.75. The van der Waals surface area contributed by atoms with Crippen LogP contribution in [-0.4, -0.2) is 33.6 Å². The van der Waals surface area contributed by atoms with Crippen LogP contribution in [0.15, 0.2) is 54.9 Å². The average molecular weight is 475 g/mol. The zero-order valence-corrected chi connectivity index (χ0v) is 19.3. The number of benzene rings is 2. The molecule has 9 nitrogen and oxygen atoms in total. The number of hydrogen-bond donors (Lipinski definition) is 3. The smallest absolute Gasteiger partial charge is 0.328 e. The van der Waals surface area contributed by atoms with Gasteiger partial charge in [0, 0.05) is 17.7 Å². The molecule has 35 heavy (non-hydrogen) atoms. The Hall–Kier alpha value is -4.14. The Balaban J connectivity index is 1.35. The second-order valence-corrected chi connectivity index (χ2v) is 8.95. The number of urea groups is 1. The van der Waals surface area contributed by atoms with Crippen molar-refractivity contribution in [3.8, 4) is 28.4 Å². The summed E-state index contributed by atoms with van der Waals surface area (Å²) < 4.78 is 12.1. The average Bonchev–Trinajstić information content (AvgIpc) is 3.38. The van der Waals surface area contributed by atoms with Crippen molar-refractivity contribution >= 4 is 17.8 Å². The van der Waals surface area contributed by atoms with Crippen molar-refractivity contribution in [2.24, 2.45) is 5.92 Å². The fourth-order valence-corrected chi connectivity index (χ4v) is 4.90. The SMILES string of the molecule is Cc1cc(Oc2ccc(OC3(C4CCCCC4)C(=O)NC(=O)NC3=O)cc2)ccc1-c1cn[nH]c1. The lowest BCUT2D eigenvalue weighted by molar-refractivity contribution is -0.158. The van der Waals surface area contributed by atoms with Crippen LogP contribution < -0.4 is 20.1 Å². The highest BCUT2D eigenvalue weighted by molar-refractivity contribution is 6.22. The van der Waals surface area contributed by atoms with Gasteiger partial charge in [0.25, 0.3) is 17.4 Å². The number of carbonyl (C=O) groups excluding carboxylic acids is 3. The molecule has 0 spiro atoms. The van der Waals surface area contributed by atoms with Gasteiger partial charge in [-0.05, 0) is 67.3 Å². The molecule has 5 rings (SSSR count). The first kappa shape index (κ1) is 22.6. The van der Waals surface area contributed by atoms with Crippen molar-refractivity contribution in [1.82, 2.24) is 20.8 Å². The minimum Gasteiger partial charge on any atom is -0.467 e. The molecule has 9 heteroatoms. The highest BCUT2D eigenvalue weighted by atomic mass is 16.5. The van der Waals surface area contributed by atoms with Crippen LogP contribution in [0.3, 0.4) is 0 Å². The Labute approximate surface area is 202 Å². The van der Waals surface area contributed by atoms with E-state index in [1.165, 1.54) is 0 Å². The first-order valence-electron chi connectivity index (χ1n) is 11.7. The molecule has 1 saturated heterocycles. The maximum absolute atomic E-state index is 12.9. The Morgan fingerprint density at radius 3 is 2.17 bits per heavy atom. The third-order valence-corrected chi connectivity index (χ3v) is 6.65. The van der Waals surface area contributed by atoms with Crippen molar-refractivity contribution in [3.63, 3.8) is 0 Å². The standard InChI is InChI=1S/C26H26N4O5/c1-16-13-21(11-12-22(16)17-14-27-28-15-17)34-19-7-9-20(10-8-19)35-26(18-5-3-2-4-6-18)23(31)29-25(33)30-24(26)32/h7-15,18H,2-6H2,1H3,(H,27,28)(H2,29,30,31,32,33). The van der Waals surface area contributed by atoms with Crippen LogP contribution in [0, 0.1) is 12.8 Å². The molecule has 2 fully saturated rings. The number of aromatic amines is 1. The van der Waals surface area contributed by atoms with Crippen LogP contribution in [-0.2, 0) is 9.59 Å². The van der Waals surface area contributed by atoms with Crippen molar-refractivity contribution in [1.29, 1.82) is 0 Å². The van der Waals surface area contributed by atoms with E-state index < -0.39 is 23.4 Å². The maximum Gasteiger partial charge on any atom is 0.328 e. The third kappa shape index (κ3) is 4.37. The second kappa shape index (κ2) is 9.25. The Kier molecular flexibility index (Phi) is 5.98. The number of hydrogen-bond acceptors (Lipinski definition) is 6. The molecule has 0 bridgehead atoms. The van der Waals surface area contributed by atoms with Gasteiger partial charge in [0.2, 0.25) is 0 Å². The van der Waals surface area contributed by atoms with Crippen LogP contribution in [0.1, 0.15) is 37.7 Å². The van der Waals surface area contributed by atoms with E-state index in [9.17, 15) is 14.4 Å². The quantitative estimate of drug-likeness (QED) is 0.459. The molecule has 3 aromatic rings. The summed E-state index contributed by atoms with van der Waals surface area (Å²) in [7, 11) is 0. The maximum atomic E-state index is 12.9. The summed E-state index contributed by atoms with van der Waals surface area (Å²) in [5, 5.41) is 11.2. The molecule has 1 aromatic heterocycles.